The van der Waals surface area contributed by atoms with Gasteiger partial charge in [0.15, 0.2) is 0 Å². The number of anilines is 2. The quantitative estimate of drug-likeness (QED) is 0.273. The van der Waals surface area contributed by atoms with E-state index < -0.39 is 6.04 Å². The third-order valence-corrected chi connectivity index (χ3v) is 6.10. The molecule has 9 heteroatoms. The van der Waals surface area contributed by atoms with Gasteiger partial charge in [0.1, 0.15) is 6.04 Å². The monoisotopic (exact) mass is 467 g/mol. The highest BCUT2D eigenvalue weighted by Crippen LogP contribution is 2.23. The van der Waals surface area contributed by atoms with Gasteiger partial charge in [-0.2, -0.15) is 10.2 Å². The van der Waals surface area contributed by atoms with E-state index in [4.69, 9.17) is 5.73 Å². The van der Waals surface area contributed by atoms with E-state index in [-0.39, 0.29) is 18.2 Å². The Bertz CT molecular complexity index is 1510. The number of benzene rings is 3. The Balaban J connectivity index is 1.38. The molecule has 0 saturated heterocycles. The number of hydrogen-bond donors (Lipinski definition) is 4. The number of aromatic amines is 2. The highest BCUT2D eigenvalue weighted by molar-refractivity contribution is 6.01. The molecular weight excluding hydrogens is 442 g/mol. The standard InChI is InChI=1S/C26H25N7O2/c1-33(18-10-11-21-17(13-18)15-28-30-21)26(35)23(12-16-6-3-2-4-7-16)29-24(34)14-22-19-8-5-9-20(27)25(19)32-31-22/h2-11,13,15,23H,12,14,27H2,1H3,(H,28,30)(H,29,34)(H,31,32). The van der Waals surface area contributed by atoms with Crippen molar-refractivity contribution in [3.05, 3.63) is 84.2 Å². The number of carbonyl (C=O) groups excluding carboxylic acids is 2. The molecule has 9 nitrogen and oxygen atoms in total. The topological polar surface area (TPSA) is 133 Å². The second kappa shape index (κ2) is 9.30. The van der Waals surface area contributed by atoms with Crippen LogP contribution < -0.4 is 16.0 Å². The Morgan fingerprint density at radius 3 is 2.71 bits per heavy atom. The van der Waals surface area contributed by atoms with Gasteiger partial charge in [0, 0.05) is 29.9 Å². The van der Waals surface area contributed by atoms with Crippen molar-refractivity contribution in [2.75, 3.05) is 17.7 Å². The van der Waals surface area contributed by atoms with Gasteiger partial charge in [0.05, 0.1) is 35.0 Å². The van der Waals surface area contributed by atoms with Crippen molar-refractivity contribution in [1.29, 1.82) is 0 Å². The number of para-hydroxylation sites is 1. The van der Waals surface area contributed by atoms with Crippen molar-refractivity contribution in [2.24, 2.45) is 0 Å². The molecule has 0 radical (unpaired) electrons. The molecular formula is C26H25N7O2. The zero-order valence-electron chi connectivity index (χ0n) is 19.2. The molecule has 5 aromatic rings. The lowest BCUT2D eigenvalue weighted by molar-refractivity contribution is -0.127. The van der Waals surface area contributed by atoms with Crippen LogP contribution in [0.1, 0.15) is 11.3 Å². The van der Waals surface area contributed by atoms with Gasteiger partial charge < -0.3 is 16.0 Å². The minimum atomic E-state index is -0.759. The molecule has 0 saturated carbocycles. The molecule has 3 aromatic carbocycles. The summed E-state index contributed by atoms with van der Waals surface area (Å²) in [6, 6.07) is 19.9. The summed E-state index contributed by atoms with van der Waals surface area (Å²) in [6.07, 6.45) is 2.09. The number of aromatic nitrogens is 4. The molecule has 2 aromatic heterocycles. The molecule has 1 atom stereocenters. The number of H-pyrrole nitrogens is 2. The fourth-order valence-electron chi connectivity index (χ4n) is 4.20. The normalized spacial score (nSPS) is 12.0. The van der Waals surface area contributed by atoms with E-state index in [1.165, 1.54) is 0 Å². The van der Waals surface area contributed by atoms with Gasteiger partial charge in [0.2, 0.25) is 11.8 Å². The van der Waals surface area contributed by atoms with Gasteiger partial charge in [-0.25, -0.2) is 0 Å². The van der Waals surface area contributed by atoms with Crippen molar-refractivity contribution >= 4 is 45.0 Å². The maximum absolute atomic E-state index is 13.6. The first-order valence-corrected chi connectivity index (χ1v) is 11.2. The van der Waals surface area contributed by atoms with E-state index in [1.54, 1.807) is 24.2 Å². The maximum atomic E-state index is 13.6. The van der Waals surface area contributed by atoms with E-state index in [0.29, 0.717) is 29.0 Å². The summed E-state index contributed by atoms with van der Waals surface area (Å²) in [5.74, 6) is -0.519. The van der Waals surface area contributed by atoms with E-state index in [1.807, 2.05) is 60.7 Å². The Labute approximate surface area is 201 Å². The van der Waals surface area contributed by atoms with Crippen LogP contribution in [0.3, 0.4) is 0 Å². The fraction of sp³-hybridized carbons (Fsp3) is 0.154. The van der Waals surface area contributed by atoms with Crippen LogP contribution in [0.5, 0.6) is 0 Å². The first-order valence-electron chi connectivity index (χ1n) is 11.2. The highest BCUT2D eigenvalue weighted by atomic mass is 16.2. The smallest absolute Gasteiger partial charge is 0.249 e. The third kappa shape index (κ3) is 4.56. The molecule has 5 N–H and O–H groups in total. The lowest BCUT2D eigenvalue weighted by Crippen LogP contribution is -2.49. The summed E-state index contributed by atoms with van der Waals surface area (Å²) in [5, 5.41) is 18.7. The number of nitrogens with zero attached hydrogens (tertiary/aromatic N) is 3. The molecule has 1 unspecified atom stereocenters. The van der Waals surface area contributed by atoms with Crippen LogP contribution in [0, 0.1) is 0 Å². The van der Waals surface area contributed by atoms with E-state index in [0.717, 1.165) is 21.9 Å². The SMILES string of the molecule is CN(C(=O)C(Cc1ccccc1)NC(=O)Cc1n[nH]c2c(N)cccc12)c1ccc2[nH]ncc2c1. The van der Waals surface area contributed by atoms with Crippen LogP contribution in [0.25, 0.3) is 21.8 Å². The second-order valence-electron chi connectivity index (χ2n) is 8.47. The van der Waals surface area contributed by atoms with E-state index >= 15 is 0 Å². The summed E-state index contributed by atoms with van der Waals surface area (Å²) in [4.78, 5) is 28.2. The molecule has 176 valence electrons. The third-order valence-electron chi connectivity index (χ3n) is 6.10. The van der Waals surface area contributed by atoms with Gasteiger partial charge in [-0.3, -0.25) is 19.8 Å². The molecule has 0 fully saturated rings. The predicted molar refractivity (Wildman–Crippen MR) is 136 cm³/mol. The van der Waals surface area contributed by atoms with Crippen molar-refractivity contribution in [3.63, 3.8) is 0 Å². The molecule has 2 heterocycles. The first kappa shape index (κ1) is 22.1. The zero-order valence-corrected chi connectivity index (χ0v) is 19.2. The minimum Gasteiger partial charge on any atom is -0.397 e. The Kier molecular flexibility index (Phi) is 5.88. The van der Waals surface area contributed by atoms with Crippen LogP contribution in [-0.4, -0.2) is 45.3 Å². The predicted octanol–water partition coefficient (Wildman–Crippen LogP) is 2.95. The van der Waals surface area contributed by atoms with Crippen molar-refractivity contribution in [2.45, 2.75) is 18.9 Å². The summed E-state index contributed by atoms with van der Waals surface area (Å²) in [7, 11) is 1.71. The average molecular weight is 468 g/mol. The molecule has 0 aliphatic heterocycles. The number of amides is 2. The van der Waals surface area contributed by atoms with Crippen molar-refractivity contribution in [1.82, 2.24) is 25.7 Å². The molecule has 0 spiro atoms. The number of nitrogens with two attached hydrogens (primary N) is 1. The van der Waals surface area contributed by atoms with Crippen molar-refractivity contribution in [3.8, 4) is 0 Å². The number of nitrogen functional groups attached to an aromatic ring is 1. The number of fused-ring (bicyclic) bond motifs is 2. The average Bonchev–Trinajstić information content (AvgIpc) is 3.51. The lowest BCUT2D eigenvalue weighted by Gasteiger charge is -2.25. The highest BCUT2D eigenvalue weighted by Gasteiger charge is 2.26. The van der Waals surface area contributed by atoms with Crippen LogP contribution in [0.4, 0.5) is 11.4 Å². The van der Waals surface area contributed by atoms with Gasteiger partial charge in [0.25, 0.3) is 0 Å². The Morgan fingerprint density at radius 2 is 1.89 bits per heavy atom. The number of carbonyl (C=O) groups is 2. The Hall–Kier alpha value is -4.66. The molecule has 0 aliphatic carbocycles. The van der Waals surface area contributed by atoms with Gasteiger partial charge in [-0.15, -0.1) is 0 Å². The molecule has 0 aliphatic rings. The molecule has 2 amide bonds. The summed E-state index contributed by atoms with van der Waals surface area (Å²) >= 11 is 0. The zero-order chi connectivity index (χ0) is 24.4. The molecule has 0 bridgehead atoms. The number of hydrogen-bond acceptors (Lipinski definition) is 5. The summed E-state index contributed by atoms with van der Waals surface area (Å²) in [5.41, 5.74) is 10.4. The van der Waals surface area contributed by atoms with E-state index in [2.05, 4.69) is 25.7 Å². The van der Waals surface area contributed by atoms with Crippen LogP contribution in [0.2, 0.25) is 0 Å². The van der Waals surface area contributed by atoms with Crippen LogP contribution in [-0.2, 0) is 22.4 Å². The van der Waals surface area contributed by atoms with E-state index in [9.17, 15) is 9.59 Å². The van der Waals surface area contributed by atoms with Crippen LogP contribution >= 0.6 is 0 Å². The van der Waals surface area contributed by atoms with Gasteiger partial charge in [-0.1, -0.05) is 42.5 Å². The minimum absolute atomic E-state index is 0.0206. The van der Waals surface area contributed by atoms with Crippen LogP contribution in [0.15, 0.2) is 72.9 Å². The lowest BCUT2D eigenvalue weighted by atomic mass is 10.0. The fourth-order valence-corrected chi connectivity index (χ4v) is 4.20. The van der Waals surface area contributed by atoms with Gasteiger partial charge >= 0.3 is 0 Å². The molecule has 35 heavy (non-hydrogen) atoms. The second-order valence-corrected chi connectivity index (χ2v) is 8.47. The largest absolute Gasteiger partial charge is 0.397 e. The number of rotatable bonds is 7. The molecule has 5 rings (SSSR count). The maximum Gasteiger partial charge on any atom is 0.249 e. The van der Waals surface area contributed by atoms with Crippen molar-refractivity contribution < 1.29 is 9.59 Å². The summed E-state index contributed by atoms with van der Waals surface area (Å²) < 4.78 is 0. The summed E-state index contributed by atoms with van der Waals surface area (Å²) in [6.45, 7) is 0. The number of nitrogens with one attached hydrogen (secondary N) is 3. The Morgan fingerprint density at radius 1 is 1.06 bits per heavy atom. The number of likely N-dealkylation sites (N-methyl/N-ethyl adjacent to an activating group) is 1. The first-order chi connectivity index (χ1) is 17.0. The van der Waals surface area contributed by atoms with Gasteiger partial charge in [-0.05, 0) is 29.8 Å².